The molecule has 0 amide bonds. The van der Waals surface area contributed by atoms with Crippen molar-refractivity contribution in [1.29, 1.82) is 0 Å². The number of rotatable bonds is 1. The zero-order valence-electron chi connectivity index (χ0n) is 9.85. The molecule has 0 spiro atoms. The van der Waals surface area contributed by atoms with E-state index in [0.29, 0.717) is 6.54 Å². The highest BCUT2D eigenvalue weighted by Crippen LogP contribution is 2.23. The molecule has 0 bridgehead atoms. The third-order valence-corrected chi connectivity index (χ3v) is 5.60. The molecule has 1 aromatic rings. The number of anilines is 1. The van der Waals surface area contributed by atoms with Crippen LogP contribution in [0.25, 0.3) is 0 Å². The zero-order valence-corrected chi connectivity index (χ0v) is 12.3. The van der Waals surface area contributed by atoms with E-state index >= 15 is 0 Å². The van der Waals surface area contributed by atoms with Crippen molar-refractivity contribution >= 4 is 31.6 Å². The molecule has 1 fully saturated rings. The Morgan fingerprint density at radius 3 is 2.76 bits per heavy atom. The van der Waals surface area contributed by atoms with Crippen LogP contribution in [0, 0.1) is 6.92 Å². The summed E-state index contributed by atoms with van der Waals surface area (Å²) in [6.07, 6.45) is 0. The van der Waals surface area contributed by atoms with Crippen molar-refractivity contribution in [3.8, 4) is 0 Å². The third kappa shape index (κ3) is 2.80. The summed E-state index contributed by atoms with van der Waals surface area (Å²) in [6.45, 7) is 4.38. The van der Waals surface area contributed by atoms with Crippen molar-refractivity contribution in [2.45, 2.75) is 19.9 Å². The number of aromatic nitrogens is 1. The first-order chi connectivity index (χ1) is 7.89. The lowest BCUT2D eigenvalue weighted by Crippen LogP contribution is -2.47. The van der Waals surface area contributed by atoms with Crippen LogP contribution in [0.5, 0.6) is 0 Å². The van der Waals surface area contributed by atoms with Crippen molar-refractivity contribution in [3.63, 3.8) is 0 Å². The highest BCUT2D eigenvalue weighted by Gasteiger charge is 2.28. The Balaban J connectivity index is 2.26. The van der Waals surface area contributed by atoms with E-state index in [9.17, 15) is 8.42 Å². The topological polar surface area (TPSA) is 50.3 Å². The molecule has 0 aliphatic carbocycles. The standard InChI is InChI=1S/C11H15BrN2O2S/c1-8-7-17(15,16)6-5-14(8)11-4-3-10(12)9(2)13-11/h3-4,8H,5-7H2,1-2H3. The fraction of sp³-hybridized carbons (Fsp3) is 0.545. The van der Waals surface area contributed by atoms with Gasteiger partial charge in [0.1, 0.15) is 5.82 Å². The predicted molar refractivity (Wildman–Crippen MR) is 72.1 cm³/mol. The molecule has 0 aromatic carbocycles. The summed E-state index contributed by atoms with van der Waals surface area (Å²) >= 11 is 3.41. The fourth-order valence-corrected chi connectivity index (χ4v) is 3.81. The van der Waals surface area contributed by atoms with Gasteiger partial charge in [0.2, 0.25) is 0 Å². The van der Waals surface area contributed by atoms with Crippen molar-refractivity contribution in [2.24, 2.45) is 0 Å². The molecule has 0 saturated carbocycles. The van der Waals surface area contributed by atoms with Gasteiger partial charge in [0.15, 0.2) is 9.84 Å². The van der Waals surface area contributed by atoms with E-state index in [1.165, 1.54) is 0 Å². The van der Waals surface area contributed by atoms with Gasteiger partial charge < -0.3 is 4.90 Å². The maximum absolute atomic E-state index is 11.5. The number of halogens is 1. The molecule has 1 aliphatic heterocycles. The number of sulfone groups is 1. The third-order valence-electron chi connectivity index (χ3n) is 2.97. The van der Waals surface area contributed by atoms with Gasteiger partial charge in [-0.2, -0.15) is 0 Å². The van der Waals surface area contributed by atoms with Gasteiger partial charge in [-0.05, 0) is 41.9 Å². The van der Waals surface area contributed by atoms with Gasteiger partial charge in [-0.25, -0.2) is 13.4 Å². The number of aryl methyl sites for hydroxylation is 1. The van der Waals surface area contributed by atoms with E-state index in [1.807, 2.05) is 26.0 Å². The monoisotopic (exact) mass is 318 g/mol. The lowest BCUT2D eigenvalue weighted by Gasteiger charge is -2.34. The molecule has 2 rings (SSSR count). The van der Waals surface area contributed by atoms with E-state index in [4.69, 9.17) is 0 Å². The number of hydrogen-bond donors (Lipinski definition) is 0. The number of pyridine rings is 1. The molecule has 94 valence electrons. The van der Waals surface area contributed by atoms with Crippen molar-refractivity contribution in [1.82, 2.24) is 4.98 Å². The van der Waals surface area contributed by atoms with Gasteiger partial charge in [-0.1, -0.05) is 0 Å². The van der Waals surface area contributed by atoms with Crippen LogP contribution in [0.2, 0.25) is 0 Å². The lowest BCUT2D eigenvalue weighted by atomic mass is 10.3. The molecule has 17 heavy (non-hydrogen) atoms. The summed E-state index contributed by atoms with van der Waals surface area (Å²) in [5.74, 6) is 1.28. The maximum atomic E-state index is 11.5. The maximum Gasteiger partial charge on any atom is 0.154 e. The molecule has 1 aliphatic rings. The van der Waals surface area contributed by atoms with Gasteiger partial charge in [0.05, 0.1) is 17.2 Å². The summed E-state index contributed by atoms with van der Waals surface area (Å²) in [4.78, 5) is 6.53. The Morgan fingerprint density at radius 1 is 1.47 bits per heavy atom. The molecule has 1 aromatic heterocycles. The van der Waals surface area contributed by atoms with Crippen LogP contribution in [0.4, 0.5) is 5.82 Å². The Kier molecular flexibility index (Phi) is 3.45. The fourth-order valence-electron chi connectivity index (χ4n) is 2.03. The van der Waals surface area contributed by atoms with Crippen LogP contribution in [0.1, 0.15) is 12.6 Å². The Bertz CT molecular complexity index is 530. The zero-order chi connectivity index (χ0) is 12.6. The minimum absolute atomic E-state index is 0.0122. The first kappa shape index (κ1) is 12.8. The molecule has 1 atom stereocenters. The van der Waals surface area contributed by atoms with Crippen LogP contribution >= 0.6 is 15.9 Å². The Morgan fingerprint density at radius 2 is 2.18 bits per heavy atom. The van der Waals surface area contributed by atoms with Gasteiger partial charge in [0, 0.05) is 17.1 Å². The summed E-state index contributed by atoms with van der Waals surface area (Å²) in [6, 6.07) is 3.86. The summed E-state index contributed by atoms with van der Waals surface area (Å²) in [5, 5.41) is 0. The van der Waals surface area contributed by atoms with Crippen molar-refractivity contribution in [2.75, 3.05) is 23.0 Å². The molecular formula is C11H15BrN2O2S. The second-order valence-corrected chi connectivity index (χ2v) is 7.48. The SMILES string of the molecule is Cc1nc(N2CCS(=O)(=O)CC2C)ccc1Br. The first-order valence-corrected chi connectivity index (χ1v) is 8.11. The van der Waals surface area contributed by atoms with Crippen LogP contribution in [-0.4, -0.2) is 37.5 Å². The number of hydrogen-bond acceptors (Lipinski definition) is 4. The quantitative estimate of drug-likeness (QED) is 0.792. The van der Waals surface area contributed by atoms with Gasteiger partial charge >= 0.3 is 0 Å². The van der Waals surface area contributed by atoms with E-state index in [2.05, 4.69) is 25.8 Å². The van der Waals surface area contributed by atoms with Gasteiger partial charge in [0.25, 0.3) is 0 Å². The molecule has 6 heteroatoms. The van der Waals surface area contributed by atoms with E-state index < -0.39 is 9.84 Å². The molecule has 4 nitrogen and oxygen atoms in total. The molecule has 0 radical (unpaired) electrons. The minimum Gasteiger partial charge on any atom is -0.352 e. The predicted octanol–water partition coefficient (Wildman–Crippen LogP) is 1.78. The van der Waals surface area contributed by atoms with Crippen LogP contribution in [-0.2, 0) is 9.84 Å². The lowest BCUT2D eigenvalue weighted by molar-refractivity contribution is 0.566. The van der Waals surface area contributed by atoms with Crippen molar-refractivity contribution < 1.29 is 8.42 Å². The average molecular weight is 319 g/mol. The molecular weight excluding hydrogens is 304 g/mol. The molecule has 1 saturated heterocycles. The summed E-state index contributed by atoms with van der Waals surface area (Å²) in [7, 11) is -2.87. The molecule has 1 unspecified atom stereocenters. The van der Waals surface area contributed by atoms with Crippen molar-refractivity contribution in [3.05, 3.63) is 22.3 Å². The Hall–Kier alpha value is -0.620. The van der Waals surface area contributed by atoms with Crippen LogP contribution in [0.3, 0.4) is 0 Å². The second kappa shape index (κ2) is 4.57. The van der Waals surface area contributed by atoms with Gasteiger partial charge in [-0.15, -0.1) is 0 Å². The summed E-state index contributed by atoms with van der Waals surface area (Å²) in [5.41, 5.74) is 0.920. The van der Waals surface area contributed by atoms with E-state index in [0.717, 1.165) is 16.0 Å². The Labute approximate surface area is 110 Å². The first-order valence-electron chi connectivity index (χ1n) is 5.49. The van der Waals surface area contributed by atoms with E-state index in [1.54, 1.807) is 0 Å². The second-order valence-electron chi connectivity index (χ2n) is 4.39. The van der Waals surface area contributed by atoms with E-state index in [-0.39, 0.29) is 17.5 Å². The normalized spacial score (nSPS) is 23.7. The molecule has 2 heterocycles. The minimum atomic E-state index is -2.87. The highest BCUT2D eigenvalue weighted by atomic mass is 79.9. The average Bonchev–Trinajstić information content (AvgIpc) is 2.21. The molecule has 0 N–H and O–H groups in total. The number of nitrogens with zero attached hydrogens (tertiary/aromatic N) is 2. The van der Waals surface area contributed by atoms with Crippen LogP contribution < -0.4 is 4.90 Å². The van der Waals surface area contributed by atoms with Gasteiger partial charge in [-0.3, -0.25) is 0 Å². The smallest absolute Gasteiger partial charge is 0.154 e. The van der Waals surface area contributed by atoms with Crippen LogP contribution in [0.15, 0.2) is 16.6 Å². The summed E-state index contributed by atoms with van der Waals surface area (Å²) < 4.78 is 24.0. The highest BCUT2D eigenvalue weighted by molar-refractivity contribution is 9.10. The largest absolute Gasteiger partial charge is 0.352 e.